The summed E-state index contributed by atoms with van der Waals surface area (Å²) in [5, 5.41) is 4.26. The van der Waals surface area contributed by atoms with Crippen LogP contribution in [0.5, 0.6) is 0 Å². The molecular weight excluding hydrogens is 340 g/mol. The summed E-state index contributed by atoms with van der Waals surface area (Å²) in [6.07, 6.45) is 0. The van der Waals surface area contributed by atoms with Crippen molar-refractivity contribution in [1.82, 2.24) is 20.1 Å². The molecule has 2 aromatic rings. The number of aromatic nitrogens is 1. The van der Waals surface area contributed by atoms with Crippen molar-refractivity contribution < 1.29 is 9.59 Å². The fourth-order valence-corrected chi connectivity index (χ4v) is 3.81. The van der Waals surface area contributed by atoms with Crippen LogP contribution in [0.1, 0.15) is 16.1 Å². The second kappa shape index (κ2) is 6.28. The van der Waals surface area contributed by atoms with Gasteiger partial charge in [0.05, 0.1) is 11.1 Å². The molecule has 2 fully saturated rings. The highest BCUT2D eigenvalue weighted by Gasteiger charge is 2.36. The molecule has 0 saturated carbocycles. The van der Waals surface area contributed by atoms with E-state index in [2.05, 4.69) is 15.2 Å². The highest BCUT2D eigenvalue weighted by atomic mass is 35.5. The summed E-state index contributed by atoms with van der Waals surface area (Å²) in [4.78, 5) is 33.7. The maximum atomic E-state index is 13.1. The zero-order valence-corrected chi connectivity index (χ0v) is 14.7. The van der Waals surface area contributed by atoms with E-state index in [1.165, 1.54) is 0 Å². The molecule has 25 heavy (non-hydrogen) atoms. The average Bonchev–Trinajstić information content (AvgIpc) is 2.60. The van der Waals surface area contributed by atoms with Crippen LogP contribution in [0.3, 0.4) is 0 Å². The van der Waals surface area contributed by atoms with E-state index in [0.29, 0.717) is 35.7 Å². The maximum Gasteiger partial charge on any atom is 0.254 e. The second-order valence-electron chi connectivity index (χ2n) is 6.57. The Bertz CT molecular complexity index is 864. The second-order valence-corrected chi connectivity index (χ2v) is 7.00. The lowest BCUT2D eigenvalue weighted by molar-refractivity contribution is -0.131. The van der Waals surface area contributed by atoms with Crippen molar-refractivity contribution in [3.63, 3.8) is 0 Å². The monoisotopic (exact) mass is 358 g/mol. The molecule has 2 saturated heterocycles. The molecule has 0 bridgehead atoms. The number of amides is 2. The zero-order chi connectivity index (χ0) is 17.6. The number of pyridine rings is 1. The molecule has 7 heteroatoms. The maximum absolute atomic E-state index is 13.1. The van der Waals surface area contributed by atoms with E-state index in [-0.39, 0.29) is 17.9 Å². The van der Waals surface area contributed by atoms with Gasteiger partial charge in [-0.15, -0.1) is 0 Å². The Hall–Kier alpha value is -2.18. The minimum atomic E-state index is -0.255. The lowest BCUT2D eigenvalue weighted by atomic mass is 10.0. The number of rotatable bonds is 1. The first-order valence-corrected chi connectivity index (χ1v) is 8.78. The smallest absolute Gasteiger partial charge is 0.254 e. The lowest BCUT2D eigenvalue weighted by Crippen LogP contribution is -2.64. The van der Waals surface area contributed by atoms with Crippen molar-refractivity contribution >= 4 is 34.3 Å². The summed E-state index contributed by atoms with van der Waals surface area (Å²) in [5.41, 5.74) is 2.10. The van der Waals surface area contributed by atoms with Gasteiger partial charge in [-0.25, -0.2) is 0 Å². The van der Waals surface area contributed by atoms with Gasteiger partial charge >= 0.3 is 0 Å². The van der Waals surface area contributed by atoms with Gasteiger partial charge < -0.3 is 10.2 Å². The van der Waals surface area contributed by atoms with Crippen molar-refractivity contribution in [2.45, 2.75) is 13.0 Å². The van der Waals surface area contributed by atoms with E-state index in [1.54, 1.807) is 17.0 Å². The van der Waals surface area contributed by atoms with Crippen LogP contribution >= 0.6 is 11.6 Å². The van der Waals surface area contributed by atoms with Gasteiger partial charge in [0.1, 0.15) is 6.04 Å². The third kappa shape index (κ3) is 2.96. The molecule has 1 N–H and O–H groups in total. The number of nitrogens with zero attached hydrogens (tertiary/aromatic N) is 3. The third-order valence-electron chi connectivity index (χ3n) is 4.91. The summed E-state index contributed by atoms with van der Waals surface area (Å²) in [7, 11) is 0. The van der Waals surface area contributed by atoms with Crippen LogP contribution in [0, 0.1) is 6.92 Å². The molecule has 0 radical (unpaired) electrons. The van der Waals surface area contributed by atoms with Gasteiger partial charge in [-0.1, -0.05) is 17.7 Å². The van der Waals surface area contributed by atoms with Crippen LogP contribution in [0.4, 0.5) is 0 Å². The minimum absolute atomic E-state index is 0.00583. The summed E-state index contributed by atoms with van der Waals surface area (Å²) in [6.45, 7) is 5.15. The lowest BCUT2D eigenvalue weighted by Gasteiger charge is -2.43. The van der Waals surface area contributed by atoms with Gasteiger partial charge in [0, 0.05) is 48.8 Å². The Balaban J connectivity index is 1.67. The van der Waals surface area contributed by atoms with Crippen molar-refractivity contribution in [2.24, 2.45) is 0 Å². The van der Waals surface area contributed by atoms with Crippen molar-refractivity contribution in [3.05, 3.63) is 40.5 Å². The molecule has 0 aliphatic carbocycles. The summed E-state index contributed by atoms with van der Waals surface area (Å²) in [5.74, 6) is -0.0536. The first kappa shape index (κ1) is 16.3. The van der Waals surface area contributed by atoms with Gasteiger partial charge in [0.15, 0.2) is 0 Å². The molecule has 1 aromatic heterocycles. The van der Waals surface area contributed by atoms with Crippen LogP contribution in [0.25, 0.3) is 10.9 Å². The standard InChI is InChI=1S/C18H19ClN4O2/c1-11-8-14(13-3-2-12(19)9-15(13)21-11)18(25)23-7-6-22-5-4-20-17(24)16(22)10-23/h2-3,8-9,16H,4-7,10H2,1H3,(H,20,24)/t16-/m1/s1. The predicted molar refractivity (Wildman–Crippen MR) is 95.8 cm³/mol. The fourth-order valence-electron chi connectivity index (χ4n) is 3.64. The van der Waals surface area contributed by atoms with E-state index in [9.17, 15) is 9.59 Å². The van der Waals surface area contributed by atoms with Gasteiger partial charge in [0.25, 0.3) is 5.91 Å². The third-order valence-corrected chi connectivity index (χ3v) is 5.14. The molecule has 1 aromatic carbocycles. The molecular formula is C18H19ClN4O2. The normalized spacial score (nSPS) is 21.1. The number of fused-ring (bicyclic) bond motifs is 2. The van der Waals surface area contributed by atoms with E-state index in [1.807, 2.05) is 19.1 Å². The van der Waals surface area contributed by atoms with Crippen LogP contribution in [0.2, 0.25) is 5.02 Å². The van der Waals surface area contributed by atoms with Gasteiger partial charge in [-0.3, -0.25) is 19.5 Å². The number of hydrogen-bond donors (Lipinski definition) is 1. The predicted octanol–water partition coefficient (Wildman–Crippen LogP) is 1.45. The number of hydrogen-bond acceptors (Lipinski definition) is 4. The summed E-state index contributed by atoms with van der Waals surface area (Å²) in [6, 6.07) is 6.93. The molecule has 0 unspecified atom stereocenters. The van der Waals surface area contributed by atoms with Crippen LogP contribution < -0.4 is 5.32 Å². The SMILES string of the molecule is Cc1cc(C(=O)N2CCN3CCNC(=O)[C@H]3C2)c2ccc(Cl)cc2n1. The molecule has 130 valence electrons. The largest absolute Gasteiger partial charge is 0.353 e. The van der Waals surface area contributed by atoms with Gasteiger partial charge in [-0.05, 0) is 25.1 Å². The van der Waals surface area contributed by atoms with Gasteiger partial charge in [-0.2, -0.15) is 0 Å². The molecule has 0 spiro atoms. The Morgan fingerprint density at radius 3 is 2.96 bits per heavy atom. The van der Waals surface area contributed by atoms with E-state index in [4.69, 9.17) is 11.6 Å². The Morgan fingerprint density at radius 2 is 2.12 bits per heavy atom. The molecule has 2 amide bonds. The van der Waals surface area contributed by atoms with Gasteiger partial charge in [0.2, 0.25) is 5.91 Å². The number of nitrogens with one attached hydrogen (secondary N) is 1. The number of piperazine rings is 2. The average molecular weight is 359 g/mol. The number of benzene rings is 1. The Labute approximate surface area is 150 Å². The molecule has 4 rings (SSSR count). The quantitative estimate of drug-likeness (QED) is 0.838. The van der Waals surface area contributed by atoms with Crippen LogP contribution in [-0.2, 0) is 4.79 Å². The minimum Gasteiger partial charge on any atom is -0.353 e. The highest BCUT2D eigenvalue weighted by Crippen LogP contribution is 2.24. The number of carbonyl (C=O) groups excluding carboxylic acids is 2. The first-order chi connectivity index (χ1) is 12.0. The molecule has 2 aliphatic heterocycles. The van der Waals surface area contributed by atoms with Crippen LogP contribution in [-0.4, -0.2) is 65.4 Å². The summed E-state index contributed by atoms with van der Waals surface area (Å²) < 4.78 is 0. The zero-order valence-electron chi connectivity index (χ0n) is 14.0. The van der Waals surface area contributed by atoms with E-state index in [0.717, 1.165) is 24.2 Å². The first-order valence-electron chi connectivity index (χ1n) is 8.41. The van der Waals surface area contributed by atoms with Crippen LogP contribution in [0.15, 0.2) is 24.3 Å². The number of halogens is 1. The topological polar surface area (TPSA) is 65.5 Å². The molecule has 2 aliphatic rings. The fraction of sp³-hybridized carbons (Fsp3) is 0.389. The van der Waals surface area contributed by atoms with Crippen molar-refractivity contribution in [2.75, 3.05) is 32.7 Å². The molecule has 3 heterocycles. The molecule has 6 nitrogen and oxygen atoms in total. The highest BCUT2D eigenvalue weighted by molar-refractivity contribution is 6.31. The van der Waals surface area contributed by atoms with E-state index < -0.39 is 0 Å². The van der Waals surface area contributed by atoms with Crippen molar-refractivity contribution in [1.29, 1.82) is 0 Å². The van der Waals surface area contributed by atoms with Crippen molar-refractivity contribution in [3.8, 4) is 0 Å². The Kier molecular flexibility index (Phi) is 4.09. The summed E-state index contributed by atoms with van der Waals surface area (Å²) >= 11 is 6.06. The van der Waals surface area contributed by atoms with E-state index >= 15 is 0 Å². The number of aryl methyl sites for hydroxylation is 1. The Morgan fingerprint density at radius 1 is 1.28 bits per heavy atom. The molecule has 1 atom stereocenters. The number of carbonyl (C=O) groups is 2.